The summed E-state index contributed by atoms with van der Waals surface area (Å²) < 4.78 is 16.7. The molecule has 0 radical (unpaired) electrons. The number of hydrogen-bond acceptors (Lipinski definition) is 9. The molecule has 12 nitrogen and oxygen atoms in total. The molecule has 9 heterocycles. The summed E-state index contributed by atoms with van der Waals surface area (Å²) in [5.74, 6) is 6.13. The van der Waals surface area contributed by atoms with Crippen LogP contribution in [0, 0.1) is 63.7 Å². The number of imidazole rings is 2. The van der Waals surface area contributed by atoms with Crippen LogP contribution in [0.3, 0.4) is 0 Å². The first-order valence-corrected chi connectivity index (χ1v) is 41.6. The van der Waals surface area contributed by atoms with Crippen LogP contribution in [0.1, 0.15) is 365 Å². The van der Waals surface area contributed by atoms with E-state index >= 15 is 0 Å². The van der Waals surface area contributed by atoms with Gasteiger partial charge in [0.2, 0.25) is 0 Å². The molecule has 109 heavy (non-hydrogen) atoms. The van der Waals surface area contributed by atoms with E-state index in [0.29, 0.717) is 10.8 Å². The fraction of sp³-hybridized carbons (Fsp3) is 0.646. The van der Waals surface area contributed by atoms with E-state index in [1.807, 2.05) is 91.4 Å². The Hall–Kier alpha value is -6.60. The molecule has 0 fully saturated rings. The van der Waals surface area contributed by atoms with E-state index in [1.54, 1.807) is 23.0 Å². The number of rotatable bonds is 3. The summed E-state index contributed by atoms with van der Waals surface area (Å²) >= 11 is 1.81. The van der Waals surface area contributed by atoms with E-state index < -0.39 is 0 Å². The van der Waals surface area contributed by atoms with Crippen LogP contribution < -0.4 is 0 Å². The Bertz CT molecular complexity index is 4000. The number of H-pyrrole nitrogens is 1. The summed E-state index contributed by atoms with van der Waals surface area (Å²) in [6.07, 6.45) is 26.0. The Morgan fingerprint density at radius 2 is 1.21 bits per heavy atom. The zero-order chi connectivity index (χ0) is 84.2. The van der Waals surface area contributed by atoms with Gasteiger partial charge in [0.1, 0.15) is 28.9 Å². The van der Waals surface area contributed by atoms with Crippen molar-refractivity contribution in [3.63, 3.8) is 0 Å². The van der Waals surface area contributed by atoms with Crippen molar-refractivity contribution < 1.29 is 8.83 Å². The number of thiazole rings is 1. The second-order valence-electron chi connectivity index (χ2n) is 40.5. The lowest BCUT2D eigenvalue weighted by Gasteiger charge is -2.24. The van der Waals surface area contributed by atoms with Gasteiger partial charge in [-0.3, -0.25) is 9.67 Å². The average molecular weight is 1520 g/mol. The van der Waals surface area contributed by atoms with Gasteiger partial charge in [-0.15, -0.1) is 11.3 Å². The number of aryl methyl sites for hydroxylation is 10. The minimum atomic E-state index is 0.135. The molecule has 1 atom stereocenters. The van der Waals surface area contributed by atoms with E-state index in [1.165, 1.54) is 104 Å². The molecule has 8 aromatic heterocycles. The highest BCUT2D eigenvalue weighted by Crippen LogP contribution is 2.40. The Morgan fingerprint density at radius 1 is 0.606 bits per heavy atom. The minimum absolute atomic E-state index is 0.135. The van der Waals surface area contributed by atoms with E-state index in [4.69, 9.17) is 8.83 Å². The summed E-state index contributed by atoms with van der Waals surface area (Å²) in [6.45, 7) is 90.9. The normalized spacial score (nSPS) is 14.7. The Morgan fingerprint density at radius 3 is 1.51 bits per heavy atom. The Labute approximate surface area is 671 Å². The van der Waals surface area contributed by atoms with Crippen LogP contribution in [0.4, 0.5) is 0 Å². The summed E-state index contributed by atoms with van der Waals surface area (Å²) in [4.78, 5) is 22.2. The maximum Gasteiger partial charge on any atom is 0.114 e. The molecule has 612 valence electrons. The second-order valence-corrected chi connectivity index (χ2v) is 41.7. The van der Waals surface area contributed by atoms with E-state index in [2.05, 4.69) is 339 Å². The lowest BCUT2D eigenvalue weighted by molar-refractivity contribution is 0.409. The Balaban J connectivity index is 0.000000412. The van der Waals surface area contributed by atoms with Crippen molar-refractivity contribution in [2.45, 2.75) is 380 Å². The van der Waals surface area contributed by atoms with Gasteiger partial charge in [0.05, 0.1) is 33.9 Å². The number of nitrogens with one attached hydrogen (secondary N) is 1. The lowest BCUT2D eigenvalue weighted by atomic mass is 9.81. The summed E-state index contributed by atoms with van der Waals surface area (Å²) in [5, 5.41) is 9.99. The highest BCUT2D eigenvalue weighted by molar-refractivity contribution is 7.11. The van der Waals surface area contributed by atoms with Crippen LogP contribution in [0.15, 0.2) is 116 Å². The monoisotopic (exact) mass is 1520 g/mol. The molecule has 11 rings (SSSR count). The van der Waals surface area contributed by atoms with Gasteiger partial charge in [-0.1, -0.05) is 257 Å². The van der Waals surface area contributed by atoms with Crippen molar-refractivity contribution in [3.8, 4) is 0 Å². The lowest BCUT2D eigenvalue weighted by Crippen LogP contribution is -2.18. The van der Waals surface area contributed by atoms with Gasteiger partial charge in [0.15, 0.2) is 0 Å². The second kappa shape index (κ2) is 40.7. The van der Waals surface area contributed by atoms with Gasteiger partial charge in [-0.05, 0) is 181 Å². The predicted octanol–water partition coefficient (Wildman–Crippen LogP) is 28.1. The Kier molecular flexibility index (Phi) is 36.8. The number of allylic oxidation sites excluding steroid dienone is 6. The molecule has 3 aliphatic rings. The number of hydrogen-bond donors (Lipinski definition) is 1. The summed E-state index contributed by atoms with van der Waals surface area (Å²) in [6, 6.07) is 12.4. The van der Waals surface area contributed by atoms with Crippen LogP contribution in [-0.2, 0) is 64.3 Å². The third kappa shape index (κ3) is 33.3. The molecule has 0 aromatic carbocycles. The number of pyridine rings is 1. The maximum absolute atomic E-state index is 5.44. The number of aromatic amines is 1. The third-order valence-electron chi connectivity index (χ3n) is 19.0. The van der Waals surface area contributed by atoms with E-state index in [0.717, 1.165) is 54.8 Å². The molecule has 0 bridgehead atoms. The third-order valence-corrected chi connectivity index (χ3v) is 20.5. The van der Waals surface area contributed by atoms with Gasteiger partial charge < -0.3 is 18.4 Å². The first-order chi connectivity index (χ1) is 49.5. The van der Waals surface area contributed by atoms with Crippen LogP contribution >= 0.6 is 11.3 Å². The SMILES string of the molecule is CC(C)(C)C1=CCC=N1.CC(C)(C)c1ccco1.CC1=C(C(C)(C)C)CCC1.CC1CCC=C1C(C)(C)C.CCc1[nH]c(C)nc1C(C)(C)C.CCc1cn(C)nc1C(C)(C)C.CCn1ccnc1C(C)(C)C.Cc1cc(C(C)(C)C)c(C)o1.Cc1cc(C(C)(C)C)n2nccc2c1.Cc1nc(C)c(C(C)(C)C)s1. The largest absolute Gasteiger partial charge is 0.469 e. The fourth-order valence-electron chi connectivity index (χ4n) is 13.7. The van der Waals surface area contributed by atoms with Crippen molar-refractivity contribution in [1.82, 2.24) is 43.9 Å². The topological polar surface area (TPSA) is 133 Å². The number of furan rings is 2. The van der Waals surface area contributed by atoms with Gasteiger partial charge in [0.25, 0.3) is 0 Å². The fourth-order valence-corrected chi connectivity index (χ4v) is 14.7. The molecule has 1 aliphatic heterocycles. The van der Waals surface area contributed by atoms with Crippen molar-refractivity contribution in [2.24, 2.45) is 34.2 Å². The molecular formula is C96H160N10O2S. The smallest absolute Gasteiger partial charge is 0.114 e. The molecule has 8 aromatic rings. The van der Waals surface area contributed by atoms with Gasteiger partial charge in [-0.2, -0.15) is 10.2 Å². The molecule has 0 saturated heterocycles. The number of aromatic nitrogens is 9. The van der Waals surface area contributed by atoms with Crippen molar-refractivity contribution in [2.75, 3.05) is 0 Å². The number of fused-ring (bicyclic) bond motifs is 1. The molecule has 0 amide bonds. The van der Waals surface area contributed by atoms with Gasteiger partial charge >= 0.3 is 0 Å². The van der Waals surface area contributed by atoms with Crippen LogP contribution in [0.5, 0.6) is 0 Å². The zero-order valence-corrected chi connectivity index (χ0v) is 78.6. The first-order valence-electron chi connectivity index (χ1n) is 40.7. The summed E-state index contributed by atoms with van der Waals surface area (Å²) in [5.41, 5.74) is 19.9. The molecule has 1 unspecified atom stereocenters. The highest BCUT2D eigenvalue weighted by atomic mass is 32.1. The maximum atomic E-state index is 5.44. The molecule has 0 spiro atoms. The quantitative estimate of drug-likeness (QED) is 0.174. The molecular weight excluding hydrogens is 1360 g/mol. The highest BCUT2D eigenvalue weighted by Gasteiger charge is 2.28. The number of aliphatic imine (C=N–C) groups is 1. The van der Waals surface area contributed by atoms with Gasteiger partial charge in [0, 0.05) is 105 Å². The molecule has 1 N–H and O–H groups in total. The summed E-state index contributed by atoms with van der Waals surface area (Å²) in [7, 11) is 1.98. The standard InChI is InChI=1S/C12H16N2.2C10H18N2.C10H16O.2C10H18.C9H16N2.C9H15NS.C8H13N.C8H12O/c1-9-7-10-5-6-13-14(10)11(8-9)12(2,3)4;1-6-8-7-12(5)11-9(8)10(2,3)4;1-6-8-9(10(3,4)5)12-7(2)11-8;1-7-6-9(8(2)11-7)10(3,4)5;2*1-8-6-5-7-9(8)10(2,3)4;1-5-11-7-6-10-8(11)9(2,3)4;1-6-8(9(3,4)5)11-7(2)10-6;2*1-8(2,3)7-5-4-6-9-7/h5-8H,1-4H3;7H,6H2,1-5H3;6H2,1-5H3,(H,11,12);6H,1-5H3;5-7H2,1-4H3;7-8H,5-6H2,1-4H3;6-7H,5H2,1-4H3;1-5H3;5-6H,4H2,1-3H3;4-6H,1-3H3. The van der Waals surface area contributed by atoms with Crippen LogP contribution in [0.2, 0.25) is 0 Å². The molecule has 0 saturated carbocycles. The predicted molar refractivity (Wildman–Crippen MR) is 475 cm³/mol. The van der Waals surface area contributed by atoms with Gasteiger partial charge in [-0.25, -0.2) is 19.5 Å². The molecule has 13 heteroatoms. The average Bonchev–Trinajstić information content (AvgIpc) is 1.76. The number of nitrogens with zero attached hydrogens (tertiary/aromatic N) is 9. The van der Waals surface area contributed by atoms with Crippen LogP contribution in [-0.4, -0.2) is 50.1 Å². The van der Waals surface area contributed by atoms with Crippen molar-refractivity contribution in [1.29, 1.82) is 0 Å². The van der Waals surface area contributed by atoms with Crippen LogP contribution in [0.25, 0.3) is 5.52 Å². The van der Waals surface area contributed by atoms with Crippen molar-refractivity contribution >= 4 is 23.1 Å². The molecule has 2 aliphatic carbocycles. The van der Waals surface area contributed by atoms with E-state index in [9.17, 15) is 0 Å². The van der Waals surface area contributed by atoms with E-state index in [-0.39, 0.29) is 43.3 Å². The van der Waals surface area contributed by atoms with Crippen molar-refractivity contribution in [3.05, 3.63) is 186 Å². The zero-order valence-electron chi connectivity index (χ0n) is 77.8. The minimum Gasteiger partial charge on any atom is -0.469 e. The first kappa shape index (κ1) is 98.5.